The van der Waals surface area contributed by atoms with Crippen LogP contribution in [0.25, 0.3) is 5.70 Å². The molecule has 0 bridgehead atoms. The molecule has 0 saturated heterocycles. The van der Waals surface area contributed by atoms with Gasteiger partial charge in [-0.1, -0.05) is 30.3 Å². The largest absolute Gasteiger partial charge is 0.458 e. The van der Waals surface area contributed by atoms with Gasteiger partial charge in [-0.3, -0.25) is 4.90 Å². The van der Waals surface area contributed by atoms with Crippen LogP contribution in [0, 0.1) is 0 Å². The summed E-state index contributed by atoms with van der Waals surface area (Å²) in [5, 5.41) is 3.34. The number of nitrogens with zero attached hydrogens (tertiary/aromatic N) is 1. The SMILES string of the molecule is CC1=C(c2ccccc2)NC2OC=CN12. The number of rotatable bonds is 1. The first-order valence-electron chi connectivity index (χ1n) is 4.99. The second kappa shape index (κ2) is 3.05. The van der Waals surface area contributed by atoms with E-state index in [1.54, 1.807) is 6.26 Å². The van der Waals surface area contributed by atoms with E-state index in [0.717, 1.165) is 5.70 Å². The lowest BCUT2D eigenvalue weighted by molar-refractivity contribution is 0.0756. The highest BCUT2D eigenvalue weighted by Crippen LogP contribution is 2.30. The van der Waals surface area contributed by atoms with E-state index < -0.39 is 0 Å². The Morgan fingerprint density at radius 1 is 1.27 bits per heavy atom. The topological polar surface area (TPSA) is 24.5 Å². The lowest BCUT2D eigenvalue weighted by atomic mass is 10.1. The van der Waals surface area contributed by atoms with E-state index >= 15 is 0 Å². The zero-order chi connectivity index (χ0) is 10.3. The molecule has 1 aromatic carbocycles. The molecule has 2 aliphatic rings. The average Bonchev–Trinajstić information content (AvgIpc) is 2.83. The van der Waals surface area contributed by atoms with Gasteiger partial charge in [-0.2, -0.15) is 0 Å². The van der Waals surface area contributed by atoms with E-state index in [9.17, 15) is 0 Å². The fraction of sp³-hybridized carbons (Fsp3) is 0.167. The minimum Gasteiger partial charge on any atom is -0.458 e. The molecular formula is C12H12N2O. The van der Waals surface area contributed by atoms with Crippen LogP contribution >= 0.6 is 0 Å². The Balaban J connectivity index is 2.01. The predicted octanol–water partition coefficient (Wildman–Crippen LogP) is 2.07. The van der Waals surface area contributed by atoms with E-state index in [-0.39, 0.29) is 6.35 Å². The molecule has 0 aliphatic carbocycles. The van der Waals surface area contributed by atoms with Crippen LogP contribution in [0.1, 0.15) is 12.5 Å². The van der Waals surface area contributed by atoms with Gasteiger partial charge in [-0.25, -0.2) is 0 Å². The first-order chi connectivity index (χ1) is 7.36. The Bertz CT molecular complexity index is 436. The molecule has 1 N–H and O–H groups in total. The van der Waals surface area contributed by atoms with Crippen molar-refractivity contribution in [2.75, 3.05) is 0 Å². The van der Waals surface area contributed by atoms with Crippen LogP contribution in [-0.2, 0) is 4.74 Å². The maximum atomic E-state index is 5.39. The molecular weight excluding hydrogens is 188 g/mol. The van der Waals surface area contributed by atoms with Crippen molar-refractivity contribution >= 4 is 5.70 Å². The van der Waals surface area contributed by atoms with Gasteiger partial charge in [0.25, 0.3) is 6.35 Å². The van der Waals surface area contributed by atoms with Crippen LogP contribution in [0.5, 0.6) is 0 Å². The van der Waals surface area contributed by atoms with Crippen LogP contribution in [0.15, 0.2) is 48.5 Å². The third-order valence-corrected chi connectivity index (χ3v) is 2.76. The van der Waals surface area contributed by atoms with E-state index in [0.29, 0.717) is 0 Å². The summed E-state index contributed by atoms with van der Waals surface area (Å²) in [5.41, 5.74) is 3.53. The van der Waals surface area contributed by atoms with Gasteiger partial charge in [0.15, 0.2) is 0 Å². The summed E-state index contributed by atoms with van der Waals surface area (Å²) in [4.78, 5) is 2.09. The van der Waals surface area contributed by atoms with Crippen molar-refractivity contribution in [3.05, 3.63) is 54.1 Å². The van der Waals surface area contributed by atoms with Crippen LogP contribution in [0.2, 0.25) is 0 Å². The second-order valence-electron chi connectivity index (χ2n) is 3.65. The molecule has 3 nitrogen and oxygen atoms in total. The van der Waals surface area contributed by atoms with E-state index in [1.165, 1.54) is 11.3 Å². The maximum Gasteiger partial charge on any atom is 0.254 e. The van der Waals surface area contributed by atoms with Gasteiger partial charge in [-0.15, -0.1) is 0 Å². The smallest absolute Gasteiger partial charge is 0.254 e. The second-order valence-corrected chi connectivity index (χ2v) is 3.65. The minimum atomic E-state index is -0.0554. The average molecular weight is 200 g/mol. The molecule has 0 fully saturated rings. The Morgan fingerprint density at radius 3 is 2.80 bits per heavy atom. The molecule has 0 spiro atoms. The highest BCUT2D eigenvalue weighted by molar-refractivity contribution is 5.68. The van der Waals surface area contributed by atoms with Gasteiger partial charge in [0.1, 0.15) is 6.26 Å². The summed E-state index contributed by atoms with van der Waals surface area (Å²) >= 11 is 0. The van der Waals surface area contributed by atoms with Crippen molar-refractivity contribution in [1.82, 2.24) is 10.2 Å². The molecule has 3 rings (SSSR count). The van der Waals surface area contributed by atoms with E-state index in [4.69, 9.17) is 4.74 Å². The maximum absolute atomic E-state index is 5.39. The number of hydrogen-bond acceptors (Lipinski definition) is 3. The number of ether oxygens (including phenoxy) is 1. The molecule has 15 heavy (non-hydrogen) atoms. The third-order valence-electron chi connectivity index (χ3n) is 2.76. The summed E-state index contributed by atoms with van der Waals surface area (Å²) in [5.74, 6) is 0. The molecule has 0 aromatic heterocycles. The van der Waals surface area contributed by atoms with Gasteiger partial charge in [0, 0.05) is 11.9 Å². The quantitative estimate of drug-likeness (QED) is 0.751. The van der Waals surface area contributed by atoms with Crippen LogP contribution in [0.3, 0.4) is 0 Å². The van der Waals surface area contributed by atoms with Crippen LogP contribution < -0.4 is 5.32 Å². The lowest BCUT2D eigenvalue weighted by Gasteiger charge is -2.15. The van der Waals surface area contributed by atoms with Crippen LogP contribution in [0.4, 0.5) is 0 Å². The fourth-order valence-corrected chi connectivity index (χ4v) is 1.96. The van der Waals surface area contributed by atoms with Crippen molar-refractivity contribution in [2.24, 2.45) is 0 Å². The molecule has 3 heteroatoms. The zero-order valence-corrected chi connectivity index (χ0v) is 8.47. The monoisotopic (exact) mass is 200 g/mol. The van der Waals surface area contributed by atoms with Gasteiger partial charge in [0.2, 0.25) is 0 Å². The Kier molecular flexibility index (Phi) is 1.71. The molecule has 1 aromatic rings. The van der Waals surface area contributed by atoms with Gasteiger partial charge in [0.05, 0.1) is 5.70 Å². The molecule has 0 radical (unpaired) electrons. The molecule has 0 saturated carbocycles. The van der Waals surface area contributed by atoms with Crippen molar-refractivity contribution in [2.45, 2.75) is 13.3 Å². The number of hydrogen-bond donors (Lipinski definition) is 1. The van der Waals surface area contributed by atoms with Crippen LogP contribution in [-0.4, -0.2) is 11.3 Å². The van der Waals surface area contributed by atoms with Gasteiger partial charge >= 0.3 is 0 Å². The van der Waals surface area contributed by atoms with Crippen molar-refractivity contribution in [3.8, 4) is 0 Å². The Labute approximate surface area is 88.7 Å². The highest BCUT2D eigenvalue weighted by Gasteiger charge is 2.31. The molecule has 2 heterocycles. The normalized spacial score (nSPS) is 22.7. The van der Waals surface area contributed by atoms with Crippen molar-refractivity contribution < 1.29 is 4.74 Å². The molecule has 0 amide bonds. The summed E-state index contributed by atoms with van der Waals surface area (Å²) in [6.45, 7) is 2.09. The number of benzene rings is 1. The third kappa shape index (κ3) is 1.20. The van der Waals surface area contributed by atoms with E-state index in [2.05, 4.69) is 29.3 Å². The number of nitrogens with one attached hydrogen (secondary N) is 1. The summed E-state index contributed by atoms with van der Waals surface area (Å²) < 4.78 is 5.39. The molecule has 76 valence electrons. The number of allylic oxidation sites excluding steroid dienone is 1. The molecule has 1 atom stereocenters. The summed E-state index contributed by atoms with van der Waals surface area (Å²) in [6.07, 6.45) is 3.60. The van der Waals surface area contributed by atoms with Gasteiger partial charge in [-0.05, 0) is 12.5 Å². The minimum absolute atomic E-state index is 0.0554. The Morgan fingerprint density at radius 2 is 2.07 bits per heavy atom. The van der Waals surface area contributed by atoms with Crippen molar-refractivity contribution in [1.29, 1.82) is 0 Å². The highest BCUT2D eigenvalue weighted by atomic mass is 16.5. The fourth-order valence-electron chi connectivity index (χ4n) is 1.96. The molecule has 2 aliphatic heterocycles. The molecule has 1 unspecified atom stereocenters. The van der Waals surface area contributed by atoms with Gasteiger partial charge < -0.3 is 10.1 Å². The predicted molar refractivity (Wildman–Crippen MR) is 58.0 cm³/mol. The summed E-state index contributed by atoms with van der Waals surface area (Å²) in [6, 6.07) is 10.3. The summed E-state index contributed by atoms with van der Waals surface area (Å²) in [7, 11) is 0. The first kappa shape index (κ1) is 8.41. The number of fused-ring (bicyclic) bond motifs is 1. The standard InChI is InChI=1S/C12H12N2O/c1-9-11(10-5-3-2-4-6-10)13-12-14(9)7-8-15-12/h2-8,12-13H,1H3. The Hall–Kier alpha value is -1.90. The first-order valence-corrected chi connectivity index (χ1v) is 4.99. The lowest BCUT2D eigenvalue weighted by Crippen LogP contribution is -2.31. The van der Waals surface area contributed by atoms with E-state index in [1.807, 2.05) is 24.4 Å². The van der Waals surface area contributed by atoms with Crippen molar-refractivity contribution in [3.63, 3.8) is 0 Å². The zero-order valence-electron chi connectivity index (χ0n) is 8.47.